The minimum atomic E-state index is -3.40. The number of rotatable bonds is 7. The Bertz CT molecular complexity index is 936. The second-order valence-electron chi connectivity index (χ2n) is 5.34. The minimum Gasteiger partial charge on any atom is -0.454 e. The van der Waals surface area contributed by atoms with Crippen LogP contribution in [0, 0.1) is 5.82 Å². The number of ether oxygens (including phenoxy) is 1. The van der Waals surface area contributed by atoms with E-state index in [9.17, 15) is 22.4 Å². The molecule has 0 aliphatic heterocycles. The van der Waals surface area contributed by atoms with Gasteiger partial charge in [-0.1, -0.05) is 18.2 Å². The van der Waals surface area contributed by atoms with Crippen LogP contribution in [0.5, 0.6) is 0 Å². The van der Waals surface area contributed by atoms with Gasteiger partial charge in [0.15, 0.2) is 12.4 Å². The van der Waals surface area contributed by atoms with Crippen molar-refractivity contribution in [2.24, 2.45) is 0 Å². The molecule has 2 aromatic rings. The average molecular weight is 377 g/mol. The molecule has 0 saturated heterocycles. The van der Waals surface area contributed by atoms with E-state index < -0.39 is 34.2 Å². The molecule has 2 aromatic carbocycles. The molecule has 0 amide bonds. The van der Waals surface area contributed by atoms with Gasteiger partial charge in [0.25, 0.3) is 0 Å². The first-order valence-electron chi connectivity index (χ1n) is 7.45. The molecule has 8 heteroatoms. The summed E-state index contributed by atoms with van der Waals surface area (Å²) in [6, 6.07) is 11.6. The zero-order chi connectivity index (χ0) is 19.2. The molecular formula is C18H16FNO5S. The third kappa shape index (κ3) is 6.14. The summed E-state index contributed by atoms with van der Waals surface area (Å²) in [5.41, 5.74) is 0.800. The fourth-order valence-corrected chi connectivity index (χ4v) is 2.54. The first kappa shape index (κ1) is 19.3. The number of carbonyl (C=O) groups excluding carboxylic acids is 2. The van der Waals surface area contributed by atoms with Crippen LogP contribution in [0.2, 0.25) is 0 Å². The highest BCUT2D eigenvalue weighted by Crippen LogP contribution is 2.12. The summed E-state index contributed by atoms with van der Waals surface area (Å²) in [5, 5.41) is 0. The molecule has 0 spiro atoms. The number of nitrogens with one attached hydrogen (secondary N) is 1. The molecule has 0 atom stereocenters. The monoisotopic (exact) mass is 377 g/mol. The number of esters is 1. The molecule has 1 N–H and O–H groups in total. The van der Waals surface area contributed by atoms with E-state index >= 15 is 0 Å². The first-order valence-corrected chi connectivity index (χ1v) is 9.34. The molecule has 0 bridgehead atoms. The van der Waals surface area contributed by atoms with Gasteiger partial charge in [0.1, 0.15) is 5.82 Å². The Kier molecular flexibility index (Phi) is 6.24. The normalized spacial score (nSPS) is 11.3. The molecule has 0 aliphatic carbocycles. The van der Waals surface area contributed by atoms with Crippen molar-refractivity contribution in [3.63, 3.8) is 0 Å². The standard InChI is InChI=1S/C18H16FNO5S/c1-26(23,24)20-15-9-6-14(7-10-15)17(21)12-25-18(22)11-8-13-4-2-3-5-16(13)19/h2-11,20H,12H2,1H3/b11-8+. The van der Waals surface area contributed by atoms with Gasteiger partial charge in [0.05, 0.1) is 6.26 Å². The SMILES string of the molecule is CS(=O)(=O)Nc1ccc(C(=O)COC(=O)/C=C/c2ccccc2F)cc1. The predicted octanol–water partition coefficient (Wildman–Crippen LogP) is 2.64. The van der Waals surface area contributed by atoms with Crippen molar-refractivity contribution in [1.82, 2.24) is 0 Å². The zero-order valence-electron chi connectivity index (χ0n) is 13.8. The lowest BCUT2D eigenvalue weighted by Crippen LogP contribution is -2.13. The van der Waals surface area contributed by atoms with Crippen LogP contribution in [0.3, 0.4) is 0 Å². The van der Waals surface area contributed by atoms with Crippen molar-refractivity contribution in [3.05, 3.63) is 71.6 Å². The number of sulfonamides is 1. The van der Waals surface area contributed by atoms with Gasteiger partial charge in [-0.05, 0) is 36.4 Å². The molecule has 2 rings (SSSR count). The second-order valence-corrected chi connectivity index (χ2v) is 7.09. The molecule has 6 nitrogen and oxygen atoms in total. The van der Waals surface area contributed by atoms with Gasteiger partial charge in [-0.15, -0.1) is 0 Å². The number of carbonyl (C=O) groups is 2. The van der Waals surface area contributed by atoms with Crippen molar-refractivity contribution in [2.75, 3.05) is 17.6 Å². The van der Waals surface area contributed by atoms with Crippen LogP contribution >= 0.6 is 0 Å². The summed E-state index contributed by atoms with van der Waals surface area (Å²) in [6.45, 7) is -0.487. The minimum absolute atomic E-state index is 0.227. The van der Waals surface area contributed by atoms with Crippen LogP contribution in [0.1, 0.15) is 15.9 Å². The average Bonchev–Trinajstić information content (AvgIpc) is 2.58. The Morgan fingerprint density at radius 3 is 2.38 bits per heavy atom. The molecule has 0 aliphatic rings. The van der Waals surface area contributed by atoms with Crippen LogP contribution in [0.15, 0.2) is 54.6 Å². The maximum Gasteiger partial charge on any atom is 0.331 e. The number of benzene rings is 2. The summed E-state index contributed by atoms with van der Waals surface area (Å²) >= 11 is 0. The molecule has 0 fully saturated rings. The van der Waals surface area contributed by atoms with Crippen LogP contribution in [0.4, 0.5) is 10.1 Å². The molecule has 0 unspecified atom stereocenters. The Balaban J connectivity index is 1.90. The van der Waals surface area contributed by atoms with Crippen molar-refractivity contribution < 1.29 is 27.1 Å². The van der Waals surface area contributed by atoms with Gasteiger partial charge >= 0.3 is 5.97 Å². The van der Waals surface area contributed by atoms with Gasteiger partial charge in [-0.25, -0.2) is 17.6 Å². The summed E-state index contributed by atoms with van der Waals surface area (Å²) in [4.78, 5) is 23.6. The largest absolute Gasteiger partial charge is 0.454 e. The van der Waals surface area contributed by atoms with Crippen LogP contribution in [-0.4, -0.2) is 33.0 Å². The number of ketones is 1. The molecule has 0 radical (unpaired) electrons. The highest BCUT2D eigenvalue weighted by molar-refractivity contribution is 7.92. The first-order chi connectivity index (χ1) is 12.2. The maximum absolute atomic E-state index is 13.4. The van der Waals surface area contributed by atoms with Gasteiger partial charge in [-0.2, -0.15) is 0 Å². The maximum atomic E-state index is 13.4. The fourth-order valence-electron chi connectivity index (χ4n) is 1.97. The van der Waals surface area contributed by atoms with E-state index in [1.54, 1.807) is 6.07 Å². The van der Waals surface area contributed by atoms with E-state index in [0.717, 1.165) is 12.3 Å². The fraction of sp³-hybridized carbons (Fsp3) is 0.111. The second kappa shape index (κ2) is 8.39. The lowest BCUT2D eigenvalue weighted by atomic mass is 10.1. The van der Waals surface area contributed by atoms with E-state index in [4.69, 9.17) is 4.74 Å². The van der Waals surface area contributed by atoms with Gasteiger partial charge in [0.2, 0.25) is 10.0 Å². The van der Waals surface area contributed by atoms with Gasteiger partial charge in [-0.3, -0.25) is 9.52 Å². The van der Waals surface area contributed by atoms with Crippen molar-refractivity contribution in [1.29, 1.82) is 0 Å². The number of anilines is 1. The van der Waals surface area contributed by atoms with E-state index in [1.807, 2.05) is 0 Å². The third-order valence-electron chi connectivity index (χ3n) is 3.16. The number of hydrogen-bond donors (Lipinski definition) is 1. The third-order valence-corrected chi connectivity index (χ3v) is 3.77. The summed E-state index contributed by atoms with van der Waals surface area (Å²) in [5.74, 6) is -1.71. The highest BCUT2D eigenvalue weighted by atomic mass is 32.2. The van der Waals surface area contributed by atoms with Crippen LogP contribution in [-0.2, 0) is 19.6 Å². The summed E-state index contributed by atoms with van der Waals surface area (Å²) < 4.78 is 42.7. The zero-order valence-corrected chi connectivity index (χ0v) is 14.6. The number of hydrogen-bond acceptors (Lipinski definition) is 5. The van der Waals surface area contributed by atoms with Crippen molar-refractivity contribution >= 4 is 33.5 Å². The van der Waals surface area contributed by atoms with Crippen LogP contribution in [0.25, 0.3) is 6.08 Å². The van der Waals surface area contributed by atoms with Gasteiger partial charge < -0.3 is 4.74 Å². The molecular weight excluding hydrogens is 361 g/mol. The Morgan fingerprint density at radius 2 is 1.77 bits per heavy atom. The molecule has 0 aromatic heterocycles. The Labute approximate surface area is 150 Å². The Morgan fingerprint density at radius 1 is 1.12 bits per heavy atom. The number of halogens is 1. The predicted molar refractivity (Wildman–Crippen MR) is 95.6 cm³/mol. The van der Waals surface area contributed by atoms with Crippen molar-refractivity contribution in [3.8, 4) is 0 Å². The Hall–Kier alpha value is -3.00. The molecule has 136 valence electrons. The lowest BCUT2D eigenvalue weighted by Gasteiger charge is -2.05. The summed E-state index contributed by atoms with van der Waals surface area (Å²) in [7, 11) is -3.40. The highest BCUT2D eigenvalue weighted by Gasteiger charge is 2.09. The molecule has 0 saturated carbocycles. The van der Waals surface area contributed by atoms with E-state index in [-0.39, 0.29) is 11.1 Å². The van der Waals surface area contributed by atoms with Crippen molar-refractivity contribution in [2.45, 2.75) is 0 Å². The van der Waals surface area contributed by atoms with Crippen LogP contribution < -0.4 is 4.72 Å². The number of Topliss-reactive ketones (excluding diaryl/α,β-unsaturated/α-hetero) is 1. The molecule has 26 heavy (non-hydrogen) atoms. The summed E-state index contributed by atoms with van der Waals surface area (Å²) in [6.07, 6.45) is 3.30. The van der Waals surface area contributed by atoms with E-state index in [0.29, 0.717) is 5.69 Å². The van der Waals surface area contributed by atoms with E-state index in [1.165, 1.54) is 48.5 Å². The van der Waals surface area contributed by atoms with Gasteiger partial charge in [0, 0.05) is 22.9 Å². The smallest absolute Gasteiger partial charge is 0.331 e. The quantitative estimate of drug-likeness (QED) is 0.455. The topological polar surface area (TPSA) is 89.5 Å². The van der Waals surface area contributed by atoms with E-state index in [2.05, 4.69) is 4.72 Å². The lowest BCUT2D eigenvalue weighted by molar-refractivity contribution is -0.136. The molecule has 0 heterocycles.